The van der Waals surface area contributed by atoms with Gasteiger partial charge in [0.25, 0.3) is 0 Å². The number of alkyl halides is 1. The summed E-state index contributed by atoms with van der Waals surface area (Å²) in [4.78, 5) is 0. The highest BCUT2D eigenvalue weighted by atomic mass is 127. The first-order valence-electron chi connectivity index (χ1n) is 1.91. The van der Waals surface area contributed by atoms with E-state index in [9.17, 15) is 0 Å². The lowest BCUT2D eigenvalue weighted by Gasteiger charge is -2.04. The van der Waals surface area contributed by atoms with Crippen molar-refractivity contribution < 1.29 is 0 Å². The molecule has 1 aliphatic heterocycles. The summed E-state index contributed by atoms with van der Waals surface area (Å²) in [5, 5.41) is 0. The summed E-state index contributed by atoms with van der Waals surface area (Å²) < 4.78 is 5.70. The Labute approximate surface area is 67.0 Å². The van der Waals surface area contributed by atoms with Crippen molar-refractivity contribution in [2.45, 2.75) is 0 Å². The molecule has 0 saturated carbocycles. The van der Waals surface area contributed by atoms with Crippen LogP contribution in [0.4, 0.5) is 0 Å². The van der Waals surface area contributed by atoms with Gasteiger partial charge in [-0.1, -0.05) is 26.8 Å². The third-order valence-corrected chi connectivity index (χ3v) is 4.27. The van der Waals surface area contributed by atoms with Gasteiger partial charge in [-0.15, -0.1) is 0 Å². The van der Waals surface area contributed by atoms with E-state index in [4.69, 9.17) is 0 Å². The molecule has 0 saturated heterocycles. The molecule has 0 bridgehead atoms. The molecule has 1 aliphatic rings. The Morgan fingerprint density at radius 2 is 2.57 bits per heavy atom. The van der Waals surface area contributed by atoms with E-state index in [-0.39, 0.29) is 0 Å². The maximum atomic E-state index is 2.28. The molecular weight excluding hydrogens is 316 g/mol. The van der Waals surface area contributed by atoms with Gasteiger partial charge in [0.15, 0.2) is 0 Å². The fourth-order valence-corrected chi connectivity index (χ4v) is 2.87. The summed E-state index contributed by atoms with van der Waals surface area (Å²) in [5.41, 5.74) is 0. The van der Waals surface area contributed by atoms with Crippen molar-refractivity contribution in [3.8, 4) is 0 Å². The summed E-state index contributed by atoms with van der Waals surface area (Å²) in [6.07, 6.45) is 4.32. The van der Waals surface area contributed by atoms with Crippen molar-refractivity contribution >= 4 is 47.7 Å². The summed E-state index contributed by atoms with van der Waals surface area (Å²) >= 11 is 2.66. The molecule has 0 radical (unpaired) electrons. The number of allylic oxidation sites excluding steroid dienone is 1. The predicted octanol–water partition coefficient (Wildman–Crippen LogP) is 1.90. The summed E-state index contributed by atoms with van der Waals surface area (Å²) in [7, 11) is 0. The van der Waals surface area contributed by atoms with E-state index in [1.165, 1.54) is 4.43 Å². The van der Waals surface area contributed by atoms with Gasteiger partial charge in [0.05, 0.1) is 22.9 Å². The maximum absolute atomic E-state index is 2.28. The molecule has 1 heterocycles. The van der Waals surface area contributed by atoms with E-state index in [1.54, 1.807) is 0 Å². The standard InChI is InChI=1S/C4H5I2N/c5-7-3-1-2-6-4-7/h1,3-4H,2H2. The van der Waals surface area contributed by atoms with Crippen LogP contribution >= 0.6 is 43.6 Å². The number of hydrogen-bond donors (Lipinski definition) is 0. The number of hydrogen-bond acceptors (Lipinski definition) is 1. The van der Waals surface area contributed by atoms with Crippen molar-refractivity contribution in [2.24, 2.45) is 0 Å². The Balaban J connectivity index is 2.49. The van der Waals surface area contributed by atoms with Crippen LogP contribution in [0.25, 0.3) is 0 Å². The molecule has 0 N–H and O–H groups in total. The van der Waals surface area contributed by atoms with Gasteiger partial charge >= 0.3 is 0 Å². The second-order valence-electron chi connectivity index (χ2n) is 1.14. The highest BCUT2D eigenvalue weighted by Crippen LogP contribution is 2.08. The Morgan fingerprint density at radius 1 is 1.71 bits per heavy atom. The van der Waals surface area contributed by atoms with Crippen LogP contribution in [-0.2, 0) is 0 Å². The summed E-state index contributed by atoms with van der Waals surface area (Å²) in [5.74, 6) is 0. The van der Waals surface area contributed by atoms with Gasteiger partial charge in [0, 0.05) is 14.8 Å². The molecule has 0 spiro atoms. The molecular formula is C4H5I2N. The largest absolute Gasteiger partial charge is 0.292 e. The van der Waals surface area contributed by atoms with Crippen LogP contribution in [0, 0.1) is 0 Å². The molecule has 0 aromatic carbocycles. The second kappa shape index (κ2) is 3.01. The van der Waals surface area contributed by atoms with Crippen molar-refractivity contribution in [3.63, 3.8) is 0 Å². The van der Waals surface area contributed by atoms with Crippen molar-refractivity contribution in [3.05, 3.63) is 12.3 Å². The fraction of sp³-hybridized carbons (Fsp3) is 0.250. The highest BCUT2D eigenvalue weighted by Gasteiger charge is 1.87. The molecule has 1 nitrogen and oxygen atoms in total. The van der Waals surface area contributed by atoms with Gasteiger partial charge < -0.3 is 0 Å². The zero-order valence-electron chi connectivity index (χ0n) is 3.64. The summed E-state index contributed by atoms with van der Waals surface area (Å²) in [6.45, 7) is 0. The molecule has 0 aromatic heterocycles. The first-order valence-corrected chi connectivity index (χ1v) is 5.65. The van der Waals surface area contributed by atoms with E-state index < -0.39 is 0 Å². The van der Waals surface area contributed by atoms with Crippen LogP contribution in [0.3, 0.4) is 0 Å². The Hall–Kier alpha value is 0.870. The predicted molar refractivity (Wildman–Crippen MR) is 50.0 cm³/mol. The van der Waals surface area contributed by atoms with Gasteiger partial charge in [-0.3, -0.25) is 3.11 Å². The SMILES string of the molecule is IN1C=CCI=C1. The average Bonchev–Trinajstić information content (AvgIpc) is 1.69. The minimum absolute atomic E-state index is 0.381. The third-order valence-electron chi connectivity index (χ3n) is 0.588. The fourth-order valence-electron chi connectivity index (χ4n) is 0.330. The quantitative estimate of drug-likeness (QED) is 0.374. The van der Waals surface area contributed by atoms with E-state index >= 15 is 0 Å². The zero-order valence-corrected chi connectivity index (χ0v) is 7.96. The van der Waals surface area contributed by atoms with Gasteiger partial charge in [0.2, 0.25) is 0 Å². The molecule has 0 fully saturated rings. The second-order valence-corrected chi connectivity index (χ2v) is 4.57. The monoisotopic (exact) mass is 321 g/mol. The minimum atomic E-state index is 0.381. The van der Waals surface area contributed by atoms with Crippen LogP contribution in [0.5, 0.6) is 0 Å². The van der Waals surface area contributed by atoms with E-state index in [2.05, 4.69) is 42.4 Å². The van der Waals surface area contributed by atoms with Gasteiger partial charge in [-0.25, -0.2) is 0 Å². The lowest BCUT2D eigenvalue weighted by molar-refractivity contribution is 1.05. The van der Waals surface area contributed by atoms with Gasteiger partial charge in [0.1, 0.15) is 0 Å². The normalized spacial score (nSPS) is 19.3. The first kappa shape index (κ1) is 6.00. The van der Waals surface area contributed by atoms with E-state index in [0.29, 0.717) is 20.7 Å². The number of nitrogens with zero attached hydrogens (tertiary/aromatic N) is 1. The number of halogens is 2. The van der Waals surface area contributed by atoms with Gasteiger partial charge in [-0.05, 0) is 0 Å². The zero-order chi connectivity index (χ0) is 5.11. The molecule has 1 rings (SSSR count). The van der Waals surface area contributed by atoms with Gasteiger partial charge in [-0.2, -0.15) is 0 Å². The molecule has 0 atom stereocenters. The Kier molecular flexibility index (Phi) is 2.58. The van der Waals surface area contributed by atoms with E-state index in [1.807, 2.05) is 0 Å². The maximum Gasteiger partial charge on any atom is 0.0638 e. The molecule has 3 heteroatoms. The van der Waals surface area contributed by atoms with E-state index in [0.717, 1.165) is 0 Å². The molecule has 40 valence electrons. The van der Waals surface area contributed by atoms with Crippen molar-refractivity contribution in [2.75, 3.05) is 4.43 Å². The van der Waals surface area contributed by atoms with Crippen LogP contribution < -0.4 is 0 Å². The molecule has 0 aliphatic carbocycles. The Bertz CT molecular complexity index is 96.3. The van der Waals surface area contributed by atoms with Crippen LogP contribution in [0.1, 0.15) is 0 Å². The first-order chi connectivity index (χ1) is 3.39. The molecule has 0 amide bonds. The van der Waals surface area contributed by atoms with Crippen molar-refractivity contribution in [1.29, 1.82) is 0 Å². The molecule has 7 heavy (non-hydrogen) atoms. The highest BCUT2D eigenvalue weighted by molar-refractivity contribution is 14.2. The molecule has 0 unspecified atom stereocenters. The van der Waals surface area contributed by atoms with Crippen LogP contribution in [0.15, 0.2) is 12.3 Å². The lowest BCUT2D eigenvalue weighted by Crippen LogP contribution is -1.98. The number of rotatable bonds is 0. The van der Waals surface area contributed by atoms with Crippen molar-refractivity contribution in [1.82, 2.24) is 3.11 Å². The Morgan fingerprint density at radius 3 is 2.86 bits per heavy atom. The average molecular weight is 321 g/mol. The smallest absolute Gasteiger partial charge is 0.0638 e. The third kappa shape index (κ3) is 2.07. The topological polar surface area (TPSA) is 3.24 Å². The lowest BCUT2D eigenvalue weighted by atomic mass is 10.7. The van der Waals surface area contributed by atoms with Crippen LogP contribution in [-0.4, -0.2) is 11.7 Å². The summed E-state index contributed by atoms with van der Waals surface area (Å²) in [6, 6.07) is 0. The van der Waals surface area contributed by atoms with Crippen LogP contribution in [0.2, 0.25) is 0 Å². The molecule has 0 aromatic rings. The minimum Gasteiger partial charge on any atom is -0.292 e.